The number of sulfone groups is 1. The monoisotopic (exact) mass is 364 g/mol. The fraction of sp³-hybridized carbons (Fsp3) is 0.176. The van der Waals surface area contributed by atoms with E-state index in [-0.39, 0.29) is 17.7 Å². The lowest BCUT2D eigenvalue weighted by atomic mass is 10.1. The normalized spacial score (nSPS) is 11.0. The molecule has 8 heteroatoms. The summed E-state index contributed by atoms with van der Waals surface area (Å²) in [5.74, 6) is -1.60. The third-order valence-electron chi connectivity index (χ3n) is 3.21. The number of rotatable bonds is 5. The van der Waals surface area contributed by atoms with Crippen LogP contribution in [0.5, 0.6) is 0 Å². The van der Waals surface area contributed by atoms with E-state index in [1.807, 2.05) is 0 Å². The number of amides is 2. The van der Waals surface area contributed by atoms with Gasteiger partial charge in [0, 0.05) is 11.8 Å². The maximum atomic E-state index is 12.8. The lowest BCUT2D eigenvalue weighted by Gasteiger charge is -2.08. The highest BCUT2D eigenvalue weighted by atomic mass is 32.2. The minimum absolute atomic E-state index is 0.0192. The molecule has 2 aromatic rings. The minimum Gasteiger partial charge on any atom is -0.273 e. The van der Waals surface area contributed by atoms with Gasteiger partial charge in [-0.15, -0.1) is 0 Å². The van der Waals surface area contributed by atoms with Crippen molar-refractivity contribution >= 4 is 21.7 Å². The van der Waals surface area contributed by atoms with Crippen molar-refractivity contribution < 1.29 is 22.4 Å². The van der Waals surface area contributed by atoms with Crippen LogP contribution >= 0.6 is 0 Å². The summed E-state index contributed by atoms with van der Waals surface area (Å²) in [6, 6.07) is 11.6. The van der Waals surface area contributed by atoms with Gasteiger partial charge in [0.15, 0.2) is 9.84 Å². The van der Waals surface area contributed by atoms with Crippen LogP contribution in [0.2, 0.25) is 0 Å². The molecule has 0 aliphatic rings. The van der Waals surface area contributed by atoms with Gasteiger partial charge in [-0.05, 0) is 35.4 Å². The molecule has 0 aromatic heterocycles. The Labute approximate surface area is 144 Å². The SMILES string of the molecule is CS(=O)(=O)Cc1cccc(C(=O)NNC(=O)Cc2ccc(F)cc2)c1. The molecule has 0 aliphatic carbocycles. The van der Waals surface area contributed by atoms with Gasteiger partial charge in [0.1, 0.15) is 5.82 Å². The number of hydrazine groups is 1. The molecule has 0 radical (unpaired) electrons. The summed E-state index contributed by atoms with van der Waals surface area (Å²) in [5.41, 5.74) is 5.82. The zero-order valence-corrected chi connectivity index (χ0v) is 14.3. The molecule has 0 saturated heterocycles. The third-order valence-corrected chi connectivity index (χ3v) is 4.07. The van der Waals surface area contributed by atoms with E-state index < -0.39 is 27.5 Å². The highest BCUT2D eigenvalue weighted by Gasteiger charge is 2.11. The van der Waals surface area contributed by atoms with Crippen molar-refractivity contribution in [2.24, 2.45) is 0 Å². The van der Waals surface area contributed by atoms with Crippen molar-refractivity contribution in [1.29, 1.82) is 0 Å². The lowest BCUT2D eigenvalue weighted by Crippen LogP contribution is -2.42. The second kappa shape index (κ2) is 7.89. The van der Waals surface area contributed by atoms with Crippen molar-refractivity contribution in [3.63, 3.8) is 0 Å². The van der Waals surface area contributed by atoms with Crippen LogP contribution in [0.1, 0.15) is 21.5 Å². The molecular weight excluding hydrogens is 347 g/mol. The summed E-state index contributed by atoms with van der Waals surface area (Å²) in [7, 11) is -3.21. The second-order valence-electron chi connectivity index (χ2n) is 5.58. The predicted octanol–water partition coefficient (Wildman–Crippen LogP) is 1.37. The van der Waals surface area contributed by atoms with E-state index in [1.165, 1.54) is 36.4 Å². The molecular formula is C17H17FN2O4S. The van der Waals surface area contributed by atoms with Gasteiger partial charge in [-0.25, -0.2) is 12.8 Å². The summed E-state index contributed by atoms with van der Waals surface area (Å²) >= 11 is 0. The summed E-state index contributed by atoms with van der Waals surface area (Å²) in [4.78, 5) is 23.8. The van der Waals surface area contributed by atoms with Gasteiger partial charge in [0.25, 0.3) is 5.91 Å². The van der Waals surface area contributed by atoms with Crippen LogP contribution in [0.3, 0.4) is 0 Å². The third kappa shape index (κ3) is 6.34. The van der Waals surface area contributed by atoms with E-state index in [1.54, 1.807) is 12.1 Å². The van der Waals surface area contributed by atoms with Gasteiger partial charge in [-0.2, -0.15) is 0 Å². The Balaban J connectivity index is 1.92. The molecule has 6 nitrogen and oxygen atoms in total. The summed E-state index contributed by atoms with van der Waals surface area (Å²) in [6.07, 6.45) is 1.09. The van der Waals surface area contributed by atoms with Crippen molar-refractivity contribution in [3.8, 4) is 0 Å². The molecule has 2 aromatic carbocycles. The first-order valence-corrected chi connectivity index (χ1v) is 9.39. The molecule has 0 saturated carbocycles. The molecule has 2 amide bonds. The second-order valence-corrected chi connectivity index (χ2v) is 7.72. The number of hydrogen-bond donors (Lipinski definition) is 2. The first kappa shape index (κ1) is 18.6. The van der Waals surface area contributed by atoms with Crippen LogP contribution in [0.15, 0.2) is 48.5 Å². The highest BCUT2D eigenvalue weighted by Crippen LogP contribution is 2.08. The van der Waals surface area contributed by atoms with Crippen molar-refractivity contribution in [2.45, 2.75) is 12.2 Å². The summed E-state index contributed by atoms with van der Waals surface area (Å²) < 4.78 is 35.4. The Morgan fingerprint density at radius 2 is 1.68 bits per heavy atom. The average Bonchev–Trinajstić information content (AvgIpc) is 2.53. The molecule has 2 N–H and O–H groups in total. The number of benzene rings is 2. The van der Waals surface area contributed by atoms with E-state index in [4.69, 9.17) is 0 Å². The largest absolute Gasteiger partial charge is 0.273 e. The number of halogens is 1. The number of hydrogen-bond acceptors (Lipinski definition) is 4. The molecule has 0 fully saturated rings. The van der Waals surface area contributed by atoms with Gasteiger partial charge in [-0.3, -0.25) is 20.4 Å². The van der Waals surface area contributed by atoms with Gasteiger partial charge < -0.3 is 0 Å². The zero-order chi connectivity index (χ0) is 18.4. The summed E-state index contributed by atoms with van der Waals surface area (Å²) in [5, 5.41) is 0. The highest BCUT2D eigenvalue weighted by molar-refractivity contribution is 7.89. The van der Waals surface area contributed by atoms with Gasteiger partial charge in [0.05, 0.1) is 12.2 Å². The van der Waals surface area contributed by atoms with E-state index in [0.717, 1.165) is 6.26 Å². The zero-order valence-electron chi connectivity index (χ0n) is 13.5. The maximum absolute atomic E-state index is 12.8. The molecule has 0 spiro atoms. The first-order valence-electron chi connectivity index (χ1n) is 7.33. The fourth-order valence-corrected chi connectivity index (χ4v) is 2.92. The Bertz CT molecular complexity index is 880. The van der Waals surface area contributed by atoms with Crippen molar-refractivity contribution in [1.82, 2.24) is 10.9 Å². The van der Waals surface area contributed by atoms with Crippen molar-refractivity contribution in [3.05, 3.63) is 71.0 Å². The Hall–Kier alpha value is -2.74. The van der Waals surface area contributed by atoms with E-state index in [0.29, 0.717) is 11.1 Å². The molecule has 2 rings (SSSR count). The molecule has 0 aliphatic heterocycles. The molecule has 25 heavy (non-hydrogen) atoms. The molecule has 132 valence electrons. The van der Waals surface area contributed by atoms with Crippen LogP contribution in [0.4, 0.5) is 4.39 Å². The number of carbonyl (C=O) groups excluding carboxylic acids is 2. The predicted molar refractivity (Wildman–Crippen MR) is 90.7 cm³/mol. The first-order chi connectivity index (χ1) is 11.7. The summed E-state index contributed by atoms with van der Waals surface area (Å²) in [6.45, 7) is 0. The molecule has 0 heterocycles. The number of nitrogens with one attached hydrogen (secondary N) is 2. The van der Waals surface area contributed by atoms with Crippen LogP contribution in [-0.2, 0) is 26.8 Å². The van der Waals surface area contributed by atoms with Crippen LogP contribution < -0.4 is 10.9 Å². The van der Waals surface area contributed by atoms with Gasteiger partial charge >= 0.3 is 0 Å². The lowest BCUT2D eigenvalue weighted by molar-refractivity contribution is -0.121. The smallest absolute Gasteiger partial charge is 0.269 e. The van der Waals surface area contributed by atoms with E-state index >= 15 is 0 Å². The Morgan fingerprint density at radius 3 is 2.32 bits per heavy atom. The van der Waals surface area contributed by atoms with E-state index in [9.17, 15) is 22.4 Å². The standard InChI is InChI=1S/C17H17FN2O4S/c1-25(23,24)11-13-3-2-4-14(9-13)17(22)20-19-16(21)10-12-5-7-15(18)8-6-12/h2-9H,10-11H2,1H3,(H,19,21)(H,20,22). The minimum atomic E-state index is -3.21. The topological polar surface area (TPSA) is 92.3 Å². The average molecular weight is 364 g/mol. The fourth-order valence-electron chi connectivity index (χ4n) is 2.14. The van der Waals surface area contributed by atoms with Gasteiger partial charge in [-0.1, -0.05) is 24.3 Å². The molecule has 0 bridgehead atoms. The number of carbonyl (C=O) groups is 2. The van der Waals surface area contributed by atoms with Crippen LogP contribution in [0.25, 0.3) is 0 Å². The van der Waals surface area contributed by atoms with E-state index in [2.05, 4.69) is 10.9 Å². The van der Waals surface area contributed by atoms with Crippen LogP contribution in [-0.4, -0.2) is 26.5 Å². The van der Waals surface area contributed by atoms with Crippen molar-refractivity contribution in [2.75, 3.05) is 6.26 Å². The Morgan fingerprint density at radius 1 is 1.00 bits per heavy atom. The quantitative estimate of drug-likeness (QED) is 0.784. The Kier molecular flexibility index (Phi) is 5.87. The van der Waals surface area contributed by atoms with Crippen LogP contribution in [0, 0.1) is 5.82 Å². The van der Waals surface area contributed by atoms with Gasteiger partial charge in [0.2, 0.25) is 5.91 Å². The maximum Gasteiger partial charge on any atom is 0.269 e. The molecule has 0 unspecified atom stereocenters. The molecule has 0 atom stereocenters.